The highest BCUT2D eigenvalue weighted by Crippen LogP contribution is 2.27. The average molecular weight is 346 g/mol. The molecule has 0 spiro atoms. The van der Waals surface area contributed by atoms with Gasteiger partial charge < -0.3 is 0 Å². The van der Waals surface area contributed by atoms with Crippen LogP contribution in [-0.4, -0.2) is 0 Å². The van der Waals surface area contributed by atoms with Crippen molar-refractivity contribution in [3.63, 3.8) is 0 Å². The minimum Gasteiger partial charge on any atom is -0.300 e. The van der Waals surface area contributed by atoms with Gasteiger partial charge in [-0.3, -0.25) is 10.9 Å². The maximum Gasteiger partial charge on any atom is 0.0740 e. The van der Waals surface area contributed by atoms with Gasteiger partial charge in [-0.05, 0) is 58.7 Å². The lowest BCUT2D eigenvalue weighted by Gasteiger charge is -2.13. The molecule has 0 saturated heterocycles. The van der Waals surface area contributed by atoms with Gasteiger partial charge in [0.15, 0.2) is 0 Å². The molecule has 0 unspecified atom stereocenters. The van der Waals surface area contributed by atoms with Crippen LogP contribution in [0.3, 0.4) is 0 Å². The van der Waals surface area contributed by atoms with E-state index in [4.69, 9.17) is 23.2 Å². The number of hydrazine groups is 1. The Kier molecular flexibility index (Phi) is 4.38. The van der Waals surface area contributed by atoms with E-state index in [-0.39, 0.29) is 0 Å². The molecule has 2 nitrogen and oxygen atoms in total. The molecule has 2 rings (SSSR count). The van der Waals surface area contributed by atoms with Crippen LogP contribution in [0.1, 0.15) is 5.56 Å². The molecule has 5 heteroatoms. The van der Waals surface area contributed by atoms with Crippen LogP contribution >= 0.6 is 39.1 Å². The largest absolute Gasteiger partial charge is 0.300 e. The predicted molar refractivity (Wildman–Crippen MR) is 82.6 cm³/mol. The number of benzene rings is 2. The summed E-state index contributed by atoms with van der Waals surface area (Å²) in [5.41, 5.74) is 8.97. The lowest BCUT2D eigenvalue weighted by Crippen LogP contribution is -2.09. The molecule has 0 amide bonds. The van der Waals surface area contributed by atoms with E-state index >= 15 is 0 Å². The molecule has 0 atom stereocenters. The second kappa shape index (κ2) is 5.83. The van der Waals surface area contributed by atoms with E-state index in [1.807, 2.05) is 25.1 Å². The Labute approximate surface area is 124 Å². The zero-order valence-corrected chi connectivity index (χ0v) is 12.7. The molecule has 0 aromatic heterocycles. The fourth-order valence-corrected chi connectivity index (χ4v) is 2.38. The van der Waals surface area contributed by atoms with Gasteiger partial charge in [-0.15, -0.1) is 0 Å². The van der Waals surface area contributed by atoms with Crippen molar-refractivity contribution in [2.75, 3.05) is 10.9 Å². The van der Waals surface area contributed by atoms with E-state index in [0.29, 0.717) is 10.0 Å². The molecule has 94 valence electrons. The minimum atomic E-state index is 0.607. The summed E-state index contributed by atoms with van der Waals surface area (Å²) in [5.74, 6) is 0. The smallest absolute Gasteiger partial charge is 0.0740 e. The number of hydrogen-bond donors (Lipinski definition) is 2. The van der Waals surface area contributed by atoms with Crippen molar-refractivity contribution in [1.29, 1.82) is 0 Å². The van der Waals surface area contributed by atoms with Crippen molar-refractivity contribution < 1.29 is 0 Å². The van der Waals surface area contributed by atoms with Gasteiger partial charge in [0, 0.05) is 9.50 Å². The monoisotopic (exact) mass is 344 g/mol. The van der Waals surface area contributed by atoms with Gasteiger partial charge in [0.25, 0.3) is 0 Å². The third kappa shape index (κ3) is 3.31. The summed E-state index contributed by atoms with van der Waals surface area (Å²) in [4.78, 5) is 0. The summed E-state index contributed by atoms with van der Waals surface area (Å²) in [6.45, 7) is 2.04. The van der Waals surface area contributed by atoms with Crippen LogP contribution in [0.15, 0.2) is 40.9 Å². The normalized spacial score (nSPS) is 10.2. The first kappa shape index (κ1) is 13.5. The lowest BCUT2D eigenvalue weighted by atomic mass is 10.2. The zero-order chi connectivity index (χ0) is 13.1. The van der Waals surface area contributed by atoms with Crippen molar-refractivity contribution >= 4 is 50.5 Å². The van der Waals surface area contributed by atoms with Crippen LogP contribution in [0, 0.1) is 6.92 Å². The number of halogens is 3. The summed E-state index contributed by atoms with van der Waals surface area (Å²) in [6, 6.07) is 11.3. The maximum absolute atomic E-state index is 6.05. The van der Waals surface area contributed by atoms with E-state index in [1.54, 1.807) is 18.2 Å². The van der Waals surface area contributed by atoms with Gasteiger partial charge in [-0.25, -0.2) is 0 Å². The van der Waals surface area contributed by atoms with Gasteiger partial charge in [0.2, 0.25) is 0 Å². The van der Waals surface area contributed by atoms with Crippen molar-refractivity contribution in [1.82, 2.24) is 0 Å². The molecule has 0 aliphatic heterocycles. The highest BCUT2D eigenvalue weighted by Gasteiger charge is 2.02. The Morgan fingerprint density at radius 2 is 1.67 bits per heavy atom. The fourth-order valence-electron chi connectivity index (χ4n) is 1.45. The average Bonchev–Trinajstić information content (AvgIpc) is 2.32. The van der Waals surface area contributed by atoms with Crippen molar-refractivity contribution in [3.05, 3.63) is 56.5 Å². The number of rotatable bonds is 3. The molecule has 0 fully saturated rings. The minimum absolute atomic E-state index is 0.607. The van der Waals surface area contributed by atoms with E-state index in [0.717, 1.165) is 15.8 Å². The Balaban J connectivity index is 2.13. The number of hydrogen-bond acceptors (Lipinski definition) is 2. The predicted octanol–water partition coefficient (Wildman–Crippen LogP) is 5.50. The molecule has 2 aromatic rings. The Morgan fingerprint density at radius 1 is 0.944 bits per heavy atom. The van der Waals surface area contributed by atoms with E-state index in [1.165, 1.54) is 5.56 Å². The van der Waals surface area contributed by atoms with Crippen molar-refractivity contribution in [2.24, 2.45) is 0 Å². The van der Waals surface area contributed by atoms with Crippen molar-refractivity contribution in [2.45, 2.75) is 6.92 Å². The quantitative estimate of drug-likeness (QED) is 0.717. The highest BCUT2D eigenvalue weighted by molar-refractivity contribution is 9.10. The van der Waals surface area contributed by atoms with Crippen LogP contribution < -0.4 is 10.9 Å². The topological polar surface area (TPSA) is 24.1 Å². The van der Waals surface area contributed by atoms with E-state index in [2.05, 4.69) is 26.8 Å². The Bertz CT molecular complexity index is 573. The van der Waals surface area contributed by atoms with E-state index in [9.17, 15) is 0 Å². The first-order chi connectivity index (χ1) is 8.56. The van der Waals surface area contributed by atoms with E-state index < -0.39 is 0 Å². The summed E-state index contributed by atoms with van der Waals surface area (Å²) < 4.78 is 0.980. The molecule has 0 bridgehead atoms. The van der Waals surface area contributed by atoms with Gasteiger partial charge >= 0.3 is 0 Å². The maximum atomic E-state index is 6.05. The molecule has 0 radical (unpaired) electrons. The number of nitrogens with one attached hydrogen (secondary N) is 2. The second-order valence-corrected chi connectivity index (χ2v) is 5.56. The highest BCUT2D eigenvalue weighted by atomic mass is 79.9. The summed E-state index contributed by atoms with van der Waals surface area (Å²) in [5, 5.41) is 1.24. The SMILES string of the molecule is Cc1ccc(NNc2cc(Cl)ccc2Cl)c(Br)c1. The molecular weight excluding hydrogens is 335 g/mol. The zero-order valence-electron chi connectivity index (χ0n) is 9.60. The molecule has 18 heavy (non-hydrogen) atoms. The molecular formula is C13H11BrCl2N2. The van der Waals surface area contributed by atoms with Crippen LogP contribution in [0.25, 0.3) is 0 Å². The fraction of sp³-hybridized carbons (Fsp3) is 0.0769. The van der Waals surface area contributed by atoms with Crippen LogP contribution in [0.4, 0.5) is 11.4 Å². The molecule has 0 aliphatic carbocycles. The third-order valence-electron chi connectivity index (χ3n) is 2.38. The van der Waals surface area contributed by atoms with Gasteiger partial charge in [0.05, 0.1) is 16.4 Å². The molecule has 0 saturated carbocycles. The van der Waals surface area contributed by atoms with Crippen LogP contribution in [-0.2, 0) is 0 Å². The molecule has 2 aromatic carbocycles. The summed E-state index contributed by atoms with van der Waals surface area (Å²) in [7, 11) is 0. The van der Waals surface area contributed by atoms with Gasteiger partial charge in [-0.2, -0.15) is 0 Å². The summed E-state index contributed by atoms with van der Waals surface area (Å²) in [6.07, 6.45) is 0. The second-order valence-electron chi connectivity index (χ2n) is 3.86. The Hall–Kier alpha value is -0.900. The van der Waals surface area contributed by atoms with Gasteiger partial charge in [0.1, 0.15) is 0 Å². The summed E-state index contributed by atoms with van der Waals surface area (Å²) >= 11 is 15.5. The van der Waals surface area contributed by atoms with Crippen LogP contribution in [0.2, 0.25) is 10.0 Å². The van der Waals surface area contributed by atoms with Crippen LogP contribution in [0.5, 0.6) is 0 Å². The third-order valence-corrected chi connectivity index (χ3v) is 3.61. The number of anilines is 2. The van der Waals surface area contributed by atoms with Crippen molar-refractivity contribution in [3.8, 4) is 0 Å². The number of aryl methyl sites for hydroxylation is 1. The molecule has 0 heterocycles. The first-order valence-electron chi connectivity index (χ1n) is 5.29. The Morgan fingerprint density at radius 3 is 2.39 bits per heavy atom. The molecule has 0 aliphatic rings. The van der Waals surface area contributed by atoms with Gasteiger partial charge in [-0.1, -0.05) is 29.3 Å². The molecule has 2 N–H and O–H groups in total. The standard InChI is InChI=1S/C13H11BrCl2N2/c1-8-2-5-12(10(14)6-8)17-18-13-7-9(15)3-4-11(13)16/h2-7,17-18H,1H3. The lowest BCUT2D eigenvalue weighted by molar-refractivity contribution is 1.37. The first-order valence-corrected chi connectivity index (χ1v) is 6.84.